The van der Waals surface area contributed by atoms with Gasteiger partial charge in [-0.1, -0.05) is 30.1 Å². The Morgan fingerprint density at radius 2 is 1.38 bits per heavy atom. The lowest BCUT2D eigenvalue weighted by Crippen LogP contribution is -2.27. The number of amides is 1. The third kappa shape index (κ3) is 7.39. The van der Waals surface area contributed by atoms with Crippen LogP contribution in [-0.2, 0) is 14.1 Å². The minimum absolute atomic E-state index is 0. The number of imidazole rings is 4. The zero-order valence-corrected chi connectivity index (χ0v) is 23.5. The minimum atomic E-state index is -0.741. The van der Waals surface area contributed by atoms with E-state index in [0.717, 1.165) is 13.8 Å². The van der Waals surface area contributed by atoms with Gasteiger partial charge in [-0.3, -0.25) is 14.8 Å². The van der Waals surface area contributed by atoms with Gasteiger partial charge in [0.2, 0.25) is 0 Å². The molecule has 0 aromatic carbocycles. The van der Waals surface area contributed by atoms with Crippen molar-refractivity contribution in [2.45, 2.75) is 0 Å². The monoisotopic (exact) mass is 635 g/mol. The first-order valence-corrected chi connectivity index (χ1v) is 11.2. The number of nitrogens with zero attached hydrogens (tertiary/aromatic N) is 17. The predicted octanol–water partition coefficient (Wildman–Crippen LogP) is -0.182. The van der Waals surface area contributed by atoms with E-state index in [1.54, 1.807) is 0 Å². The Labute approximate surface area is 256 Å². The highest BCUT2D eigenvalue weighted by Crippen LogP contribution is 2.21. The van der Waals surface area contributed by atoms with Crippen molar-refractivity contribution in [3.63, 3.8) is 0 Å². The van der Waals surface area contributed by atoms with Gasteiger partial charge >= 0.3 is 30.3 Å². The number of carbonyl (C=O) groups excluding carboxylic acids is 1. The summed E-state index contributed by atoms with van der Waals surface area (Å²) in [7, 11) is 2.92. The lowest BCUT2D eigenvalue weighted by atomic mass is 10.4. The second-order valence-corrected chi connectivity index (χ2v) is 7.55. The maximum atomic E-state index is 11.4. The Hall–Kier alpha value is -7.57. The summed E-state index contributed by atoms with van der Waals surface area (Å²) in [6, 6.07) is 0. The van der Waals surface area contributed by atoms with Gasteiger partial charge < -0.3 is 26.0 Å². The molecule has 24 nitrogen and oxygen atoms in total. The molecule has 25 heteroatoms. The number of aromatic nitrogens is 14. The van der Waals surface area contributed by atoms with Gasteiger partial charge in [0.15, 0.2) is 29.6 Å². The van der Waals surface area contributed by atoms with E-state index >= 15 is 0 Å². The highest BCUT2D eigenvalue weighted by atomic mass is 35.5. The zero-order chi connectivity index (χ0) is 32.4. The molecule has 6 aromatic heterocycles. The van der Waals surface area contributed by atoms with Gasteiger partial charge in [-0.25, -0.2) is 28.4 Å². The molecule has 0 aliphatic carbocycles. The molecule has 0 aliphatic heterocycles. The summed E-state index contributed by atoms with van der Waals surface area (Å²) in [5.41, 5.74) is 9.62. The first kappa shape index (κ1) is 33.6. The summed E-state index contributed by atoms with van der Waals surface area (Å²) in [4.78, 5) is 65.0. The van der Waals surface area contributed by atoms with Crippen LogP contribution in [0.3, 0.4) is 0 Å². The van der Waals surface area contributed by atoms with Crippen molar-refractivity contribution in [3.05, 3.63) is 91.2 Å². The van der Waals surface area contributed by atoms with Crippen LogP contribution in [0, 0.1) is 25.1 Å². The van der Waals surface area contributed by atoms with Crippen LogP contribution in [0.5, 0.6) is 0 Å². The SMILES string of the molecule is Cl.Cn1nnc2c(C(N)=O)ncn2c1=O.[C-]#[N+]c1[nH]cnc1N.[C-]#[N+]c1[nH]cnc1[N+]#N.[C-]#[N+]c1ncn2c(=O)n(C)nnc12.[H+]. The van der Waals surface area contributed by atoms with Crippen molar-refractivity contribution in [3.8, 4) is 0 Å². The molecule has 0 spiro atoms. The Balaban J connectivity index is 0.000000310. The number of aryl methyl sites for hydroxylation is 2. The normalized spacial score (nSPS) is 9.29. The quantitative estimate of drug-likeness (QED) is 0.135. The van der Waals surface area contributed by atoms with Crippen molar-refractivity contribution < 1.29 is 6.22 Å². The van der Waals surface area contributed by atoms with Crippen LogP contribution in [0.4, 0.5) is 29.1 Å². The van der Waals surface area contributed by atoms with Crippen LogP contribution < -0.4 is 22.8 Å². The van der Waals surface area contributed by atoms with E-state index in [-0.39, 0.29) is 59.8 Å². The average Bonchev–Trinajstić information content (AvgIpc) is 3.83. The molecular weight excluding hydrogens is 618 g/mol. The van der Waals surface area contributed by atoms with E-state index in [9.17, 15) is 14.4 Å². The number of carbonyl (C=O) groups is 1. The van der Waals surface area contributed by atoms with Gasteiger partial charge in [-0.15, -0.1) is 27.6 Å². The predicted molar refractivity (Wildman–Crippen MR) is 154 cm³/mol. The van der Waals surface area contributed by atoms with Crippen molar-refractivity contribution in [1.29, 1.82) is 5.39 Å². The molecule has 0 aliphatic rings. The number of primary amides is 1. The van der Waals surface area contributed by atoms with Gasteiger partial charge in [0.25, 0.3) is 18.1 Å². The Morgan fingerprint density at radius 1 is 0.844 bits per heavy atom. The second-order valence-electron chi connectivity index (χ2n) is 7.55. The molecule has 226 valence electrons. The van der Waals surface area contributed by atoms with E-state index in [0.29, 0.717) is 5.82 Å². The number of hydrogen-bond donors (Lipinski definition) is 4. The van der Waals surface area contributed by atoms with Crippen LogP contribution in [0.1, 0.15) is 11.9 Å². The summed E-state index contributed by atoms with van der Waals surface area (Å²) >= 11 is 0. The molecular formula is C20H18ClN21O3+2. The lowest BCUT2D eigenvalue weighted by molar-refractivity contribution is 0.0997. The maximum absolute atomic E-state index is 11.4. The summed E-state index contributed by atoms with van der Waals surface area (Å²) in [5, 5.41) is 22.5. The van der Waals surface area contributed by atoms with E-state index in [2.05, 4.69) is 70.0 Å². The lowest BCUT2D eigenvalue weighted by Gasteiger charge is -1.95. The van der Waals surface area contributed by atoms with Crippen molar-refractivity contribution >= 4 is 58.7 Å². The van der Waals surface area contributed by atoms with Crippen molar-refractivity contribution in [2.24, 2.45) is 19.8 Å². The number of anilines is 1. The largest absolute Gasteiger partial charge is 1.00 e. The fourth-order valence-corrected chi connectivity index (χ4v) is 2.83. The Kier molecular flexibility index (Phi) is 11.1. The van der Waals surface area contributed by atoms with Crippen LogP contribution in [0.2, 0.25) is 0 Å². The molecule has 0 saturated carbocycles. The first-order chi connectivity index (χ1) is 21.1. The van der Waals surface area contributed by atoms with Crippen LogP contribution >= 0.6 is 12.4 Å². The number of nitrogen functional groups attached to an aromatic ring is 1. The number of rotatable bonds is 1. The molecule has 1 amide bonds. The molecule has 6 aromatic rings. The number of hydrogen-bond acceptors (Lipinski definition) is 13. The summed E-state index contributed by atoms with van der Waals surface area (Å²) in [5.74, 6) is 0.104. The van der Waals surface area contributed by atoms with E-state index in [1.807, 2.05) is 0 Å². The molecule has 0 radical (unpaired) electrons. The molecule has 6 heterocycles. The number of nitrogens with two attached hydrogens (primary N) is 2. The molecule has 45 heavy (non-hydrogen) atoms. The van der Waals surface area contributed by atoms with Gasteiger partial charge in [0.05, 0.1) is 5.39 Å². The van der Waals surface area contributed by atoms with Gasteiger partial charge in [-0.2, -0.15) is 9.36 Å². The minimum Gasteiger partial charge on any atom is -0.391 e. The highest BCUT2D eigenvalue weighted by molar-refractivity contribution is 5.96. The Morgan fingerprint density at radius 3 is 1.84 bits per heavy atom. The van der Waals surface area contributed by atoms with Crippen LogP contribution in [0.25, 0.3) is 30.8 Å². The Bertz CT molecular complexity index is 2240. The van der Waals surface area contributed by atoms with Gasteiger partial charge in [-0.05, 0) is 0 Å². The number of aromatic amines is 2. The van der Waals surface area contributed by atoms with E-state index < -0.39 is 11.6 Å². The second kappa shape index (κ2) is 14.9. The molecule has 0 bridgehead atoms. The highest BCUT2D eigenvalue weighted by Gasteiger charge is 2.15. The summed E-state index contributed by atoms with van der Waals surface area (Å²) in [6.07, 6.45) is 5.14. The van der Waals surface area contributed by atoms with Crippen molar-refractivity contribution in [2.75, 3.05) is 5.73 Å². The molecule has 6 N–H and O–H groups in total. The third-order valence-electron chi connectivity index (χ3n) is 4.88. The zero-order valence-electron chi connectivity index (χ0n) is 23.7. The first-order valence-electron chi connectivity index (χ1n) is 11.2. The smallest absolute Gasteiger partial charge is 0.391 e. The standard InChI is InChI=1S/C6H6N6O2.C6H4N6O.C4H2N5.C4H4N4.ClH/c1-11-6(14)12-2-8-3(4(7)13)5(12)9-10-11;1-7-4-5-9-10-11(2)6(13)12(5)3-8-4;1-6-3-4(9-5)8-2-7-3;1-6-4-3(5)7-2-8-4;/h2H,1H3,(H2,7,13);3H,2H3;2H,(H,7,8);2H,5H2,(H,7,8);1H/q;;+1;;/p+1. The van der Waals surface area contributed by atoms with E-state index in [1.165, 1.54) is 43.8 Å². The third-order valence-corrected chi connectivity index (χ3v) is 4.88. The maximum Gasteiger partial charge on any atom is 1.00 e. The number of halogens is 1. The van der Waals surface area contributed by atoms with E-state index in [4.69, 9.17) is 36.6 Å². The van der Waals surface area contributed by atoms with Crippen molar-refractivity contribution in [1.82, 2.24) is 68.7 Å². The number of diazo groups is 1. The van der Waals surface area contributed by atoms with Gasteiger partial charge in [0, 0.05) is 24.1 Å². The number of nitrogens with one attached hydrogen (secondary N) is 2. The summed E-state index contributed by atoms with van der Waals surface area (Å²) in [6.45, 7) is 19.7. The topological polar surface area (TPSA) is 298 Å². The number of fused-ring (bicyclic) bond motifs is 2. The average molecular weight is 636 g/mol. The fraction of sp³-hybridized carbons (Fsp3) is 0.100. The summed E-state index contributed by atoms with van der Waals surface area (Å²) < 4.78 is 4.38. The molecule has 0 unspecified atom stereocenters. The van der Waals surface area contributed by atoms with Gasteiger partial charge in [0.1, 0.15) is 12.1 Å². The fourth-order valence-electron chi connectivity index (χ4n) is 2.83. The van der Waals surface area contributed by atoms with Crippen LogP contribution in [-0.4, -0.2) is 74.6 Å². The molecule has 0 atom stereocenters. The molecule has 6 rings (SSSR count). The number of H-pyrrole nitrogens is 2. The van der Waals surface area contributed by atoms with Crippen LogP contribution in [0.15, 0.2) is 34.9 Å². The molecule has 0 fully saturated rings. The molecule has 0 saturated heterocycles.